The first kappa shape index (κ1) is 19.9. The molecule has 0 unspecified atom stereocenters. The predicted octanol–water partition coefficient (Wildman–Crippen LogP) is 4.44. The molecular weight excluding hydrogens is 352 g/mol. The van der Waals surface area contributed by atoms with Gasteiger partial charge in [0.15, 0.2) is 0 Å². The van der Waals surface area contributed by atoms with Crippen LogP contribution in [0.1, 0.15) is 18.1 Å². The van der Waals surface area contributed by atoms with Crippen molar-refractivity contribution in [3.05, 3.63) is 46.5 Å². The van der Waals surface area contributed by atoms with Crippen molar-refractivity contribution in [2.24, 2.45) is 0 Å². The van der Waals surface area contributed by atoms with Crippen LogP contribution in [0.2, 0.25) is 5.02 Å². The van der Waals surface area contributed by atoms with Gasteiger partial charge in [-0.15, -0.1) is 0 Å². The first-order valence-electron chi connectivity index (χ1n) is 8.43. The monoisotopic (exact) mass is 376 g/mol. The van der Waals surface area contributed by atoms with Crippen molar-refractivity contribution in [2.75, 3.05) is 37.5 Å². The lowest BCUT2D eigenvalue weighted by Crippen LogP contribution is -2.33. The quantitative estimate of drug-likeness (QED) is 0.776. The molecule has 140 valence electrons. The third-order valence-corrected chi connectivity index (χ3v) is 4.45. The fourth-order valence-electron chi connectivity index (χ4n) is 2.85. The molecule has 0 aliphatic carbocycles. The standard InChI is InChI=1S/C20H25ClN2O3/c1-6-23(17-8-7-13(2)9-14(17)3)12-20(24)22-16-10-15(21)18(25-4)11-19(16)26-5/h7-11H,6,12H2,1-5H3,(H,22,24). The summed E-state index contributed by atoms with van der Waals surface area (Å²) in [5.41, 5.74) is 3.90. The number of aryl methyl sites for hydroxylation is 2. The highest BCUT2D eigenvalue weighted by Crippen LogP contribution is 2.35. The minimum Gasteiger partial charge on any atom is -0.495 e. The normalized spacial score (nSPS) is 10.4. The number of hydrogen-bond acceptors (Lipinski definition) is 4. The molecule has 6 heteroatoms. The summed E-state index contributed by atoms with van der Waals surface area (Å²) in [6, 6.07) is 9.49. The molecule has 0 radical (unpaired) electrons. The summed E-state index contributed by atoms with van der Waals surface area (Å²) in [6.45, 7) is 7.08. The highest BCUT2D eigenvalue weighted by molar-refractivity contribution is 6.32. The summed E-state index contributed by atoms with van der Waals surface area (Å²) in [5, 5.41) is 3.28. The van der Waals surface area contributed by atoms with Crippen LogP contribution in [0.25, 0.3) is 0 Å². The van der Waals surface area contributed by atoms with Gasteiger partial charge in [-0.05, 0) is 38.5 Å². The summed E-state index contributed by atoms with van der Waals surface area (Å²) in [4.78, 5) is 14.6. The van der Waals surface area contributed by atoms with Crippen LogP contribution in [-0.2, 0) is 4.79 Å². The molecule has 2 aromatic carbocycles. The molecule has 0 fully saturated rings. The first-order chi connectivity index (χ1) is 12.4. The van der Waals surface area contributed by atoms with Crippen molar-refractivity contribution in [3.63, 3.8) is 0 Å². The van der Waals surface area contributed by atoms with Crippen LogP contribution in [0.4, 0.5) is 11.4 Å². The lowest BCUT2D eigenvalue weighted by molar-refractivity contribution is -0.115. The lowest BCUT2D eigenvalue weighted by Gasteiger charge is -2.25. The second-order valence-corrected chi connectivity index (χ2v) is 6.45. The summed E-state index contributed by atoms with van der Waals surface area (Å²) in [5.74, 6) is 0.840. The largest absolute Gasteiger partial charge is 0.495 e. The summed E-state index contributed by atoms with van der Waals surface area (Å²) < 4.78 is 10.5. The molecule has 0 saturated carbocycles. The Kier molecular flexibility index (Phi) is 6.75. The summed E-state index contributed by atoms with van der Waals surface area (Å²) >= 11 is 6.16. The number of rotatable bonds is 7. The molecular formula is C20H25ClN2O3. The van der Waals surface area contributed by atoms with Crippen LogP contribution in [0, 0.1) is 13.8 Å². The Morgan fingerprint density at radius 2 is 1.81 bits per heavy atom. The zero-order valence-electron chi connectivity index (χ0n) is 15.9. The van der Waals surface area contributed by atoms with Crippen LogP contribution >= 0.6 is 11.6 Å². The number of anilines is 2. The fraction of sp³-hybridized carbons (Fsp3) is 0.350. The predicted molar refractivity (Wildman–Crippen MR) is 107 cm³/mol. The van der Waals surface area contributed by atoms with E-state index in [0.29, 0.717) is 22.2 Å². The second-order valence-electron chi connectivity index (χ2n) is 6.04. The zero-order chi connectivity index (χ0) is 19.3. The molecule has 5 nitrogen and oxygen atoms in total. The van der Waals surface area contributed by atoms with E-state index in [-0.39, 0.29) is 12.5 Å². The third kappa shape index (κ3) is 4.61. The minimum absolute atomic E-state index is 0.147. The number of likely N-dealkylation sites (N-methyl/N-ethyl adjacent to an activating group) is 1. The van der Waals surface area contributed by atoms with Gasteiger partial charge in [-0.2, -0.15) is 0 Å². The molecule has 2 rings (SSSR count). The molecule has 0 saturated heterocycles. The smallest absolute Gasteiger partial charge is 0.243 e. The summed E-state index contributed by atoms with van der Waals surface area (Å²) in [7, 11) is 3.06. The lowest BCUT2D eigenvalue weighted by atomic mass is 10.1. The van der Waals surface area contributed by atoms with Gasteiger partial charge in [0.25, 0.3) is 0 Å². The van der Waals surface area contributed by atoms with E-state index >= 15 is 0 Å². The average Bonchev–Trinajstić information content (AvgIpc) is 2.60. The molecule has 0 atom stereocenters. The van der Waals surface area contributed by atoms with Crippen molar-refractivity contribution < 1.29 is 14.3 Å². The average molecular weight is 377 g/mol. The number of carbonyl (C=O) groups is 1. The summed E-state index contributed by atoms with van der Waals surface area (Å²) in [6.07, 6.45) is 0. The van der Waals surface area contributed by atoms with Gasteiger partial charge in [0, 0.05) is 18.3 Å². The van der Waals surface area contributed by atoms with Crippen molar-refractivity contribution in [2.45, 2.75) is 20.8 Å². The van der Waals surface area contributed by atoms with Crippen LogP contribution in [0.15, 0.2) is 30.3 Å². The van der Waals surface area contributed by atoms with Crippen molar-refractivity contribution in [3.8, 4) is 11.5 Å². The molecule has 1 N–H and O–H groups in total. The number of carbonyl (C=O) groups excluding carboxylic acids is 1. The van der Waals surface area contributed by atoms with E-state index in [0.717, 1.165) is 17.8 Å². The zero-order valence-corrected chi connectivity index (χ0v) is 16.6. The Labute approximate surface area is 159 Å². The maximum Gasteiger partial charge on any atom is 0.243 e. The Bertz CT molecular complexity index is 793. The molecule has 1 amide bonds. The van der Waals surface area contributed by atoms with E-state index in [2.05, 4.69) is 31.3 Å². The van der Waals surface area contributed by atoms with Crippen LogP contribution in [0.3, 0.4) is 0 Å². The molecule has 0 heterocycles. The number of halogens is 1. The van der Waals surface area contributed by atoms with Crippen LogP contribution < -0.4 is 19.7 Å². The molecule has 0 bridgehead atoms. The van der Waals surface area contributed by atoms with Gasteiger partial charge < -0.3 is 19.7 Å². The fourth-order valence-corrected chi connectivity index (χ4v) is 3.09. The van der Waals surface area contributed by atoms with Crippen LogP contribution in [-0.4, -0.2) is 33.2 Å². The minimum atomic E-state index is -0.147. The number of methoxy groups -OCH3 is 2. The van der Waals surface area contributed by atoms with Gasteiger partial charge in [0.1, 0.15) is 11.5 Å². The highest BCUT2D eigenvalue weighted by atomic mass is 35.5. The number of benzene rings is 2. The van der Waals surface area contributed by atoms with Crippen LogP contribution in [0.5, 0.6) is 11.5 Å². The van der Waals surface area contributed by atoms with Gasteiger partial charge in [-0.1, -0.05) is 29.3 Å². The molecule has 0 aromatic heterocycles. The molecule has 0 spiro atoms. The van der Waals surface area contributed by atoms with Gasteiger partial charge in [-0.3, -0.25) is 4.79 Å². The van der Waals surface area contributed by atoms with Gasteiger partial charge in [0.2, 0.25) is 5.91 Å². The van der Waals surface area contributed by atoms with E-state index in [4.69, 9.17) is 21.1 Å². The van der Waals surface area contributed by atoms with E-state index in [9.17, 15) is 4.79 Å². The number of ether oxygens (including phenoxy) is 2. The first-order valence-corrected chi connectivity index (χ1v) is 8.81. The number of hydrogen-bond donors (Lipinski definition) is 1. The van der Waals surface area contributed by atoms with Crippen molar-refractivity contribution in [1.82, 2.24) is 0 Å². The molecule has 2 aromatic rings. The topological polar surface area (TPSA) is 50.8 Å². The maximum atomic E-state index is 12.6. The van der Waals surface area contributed by atoms with Gasteiger partial charge in [0.05, 0.1) is 31.5 Å². The van der Waals surface area contributed by atoms with E-state index in [1.807, 2.05) is 17.9 Å². The molecule has 0 aliphatic heterocycles. The van der Waals surface area contributed by atoms with E-state index in [1.165, 1.54) is 19.8 Å². The number of nitrogens with zero attached hydrogens (tertiary/aromatic N) is 1. The van der Waals surface area contributed by atoms with E-state index < -0.39 is 0 Å². The Balaban J connectivity index is 2.18. The van der Waals surface area contributed by atoms with E-state index in [1.54, 1.807) is 12.1 Å². The van der Waals surface area contributed by atoms with Gasteiger partial charge in [-0.25, -0.2) is 0 Å². The maximum absolute atomic E-state index is 12.6. The molecule has 0 aliphatic rings. The van der Waals surface area contributed by atoms with Gasteiger partial charge >= 0.3 is 0 Å². The SMILES string of the molecule is CCN(CC(=O)Nc1cc(Cl)c(OC)cc1OC)c1ccc(C)cc1C. The number of nitrogens with one attached hydrogen (secondary N) is 1. The Hall–Kier alpha value is -2.40. The third-order valence-electron chi connectivity index (χ3n) is 4.16. The molecule has 26 heavy (non-hydrogen) atoms. The van der Waals surface area contributed by atoms with Crippen molar-refractivity contribution >= 4 is 28.9 Å². The van der Waals surface area contributed by atoms with Crippen molar-refractivity contribution in [1.29, 1.82) is 0 Å². The second kappa shape index (κ2) is 8.81. The Morgan fingerprint density at radius 1 is 1.12 bits per heavy atom. The Morgan fingerprint density at radius 3 is 2.38 bits per heavy atom. The number of amides is 1. The highest BCUT2D eigenvalue weighted by Gasteiger charge is 2.16.